The molecule has 2 unspecified atom stereocenters. The molecule has 0 N–H and O–H groups in total. The van der Waals surface area contributed by atoms with E-state index in [2.05, 4.69) is 137 Å². The van der Waals surface area contributed by atoms with E-state index in [1.807, 2.05) is 0 Å². The molecule has 36 heavy (non-hydrogen) atoms. The normalized spacial score (nSPS) is 22.0. The Morgan fingerprint density at radius 1 is 0.611 bits per heavy atom. The summed E-state index contributed by atoms with van der Waals surface area (Å²) in [5.74, 6) is -1.47. The molecule has 191 valence electrons. The van der Waals surface area contributed by atoms with Gasteiger partial charge in [-0.05, 0) is 0 Å². The Balaban J connectivity index is 1.96. The molecule has 2 aliphatic carbocycles. The van der Waals surface area contributed by atoms with E-state index in [1.54, 1.807) is 10.4 Å². The fourth-order valence-corrected chi connectivity index (χ4v) is 49.7. The van der Waals surface area contributed by atoms with Crippen molar-refractivity contribution in [3.63, 3.8) is 0 Å². The Morgan fingerprint density at radius 3 is 1.22 bits per heavy atom. The van der Waals surface area contributed by atoms with Crippen molar-refractivity contribution in [3.8, 4) is 0 Å². The van der Waals surface area contributed by atoms with Gasteiger partial charge in [0, 0.05) is 0 Å². The summed E-state index contributed by atoms with van der Waals surface area (Å²) in [7, 11) is 13.4. The van der Waals surface area contributed by atoms with Crippen molar-refractivity contribution in [2.75, 3.05) is 0 Å². The Kier molecular flexibility index (Phi) is 7.86. The van der Waals surface area contributed by atoms with Crippen molar-refractivity contribution in [1.82, 2.24) is 0 Å². The molecule has 2 aromatic rings. The average molecular weight is 648 g/mol. The monoisotopic (exact) mass is 645 g/mol. The van der Waals surface area contributed by atoms with Gasteiger partial charge in [0.15, 0.2) is 0 Å². The molecule has 0 radical (unpaired) electrons. The van der Waals surface area contributed by atoms with Gasteiger partial charge in [-0.3, -0.25) is 0 Å². The predicted molar refractivity (Wildman–Crippen MR) is 170 cm³/mol. The Labute approximate surface area is 230 Å². The Bertz CT molecular complexity index is 1170. The van der Waals surface area contributed by atoms with Crippen LogP contribution in [0.25, 0.3) is 11.1 Å². The summed E-state index contributed by atoms with van der Waals surface area (Å²) in [4.78, 5) is 0. The fraction of sp³-hybridized carbons (Fsp3) is 0.333. The molecule has 0 amide bonds. The zero-order chi connectivity index (χ0) is 26.5. The van der Waals surface area contributed by atoms with Crippen LogP contribution in [0.3, 0.4) is 0 Å². The van der Waals surface area contributed by atoms with Crippen molar-refractivity contribution < 1.29 is 15.6 Å². The predicted octanol–water partition coefficient (Wildman–Crippen LogP) is 10.3. The first kappa shape index (κ1) is 28.5. The van der Waals surface area contributed by atoms with Gasteiger partial charge in [0.1, 0.15) is 0 Å². The molecule has 0 fully saturated rings. The summed E-state index contributed by atoms with van der Waals surface area (Å²) in [6.45, 7) is 19.7. The molecule has 0 spiro atoms. The topological polar surface area (TPSA) is 0 Å². The molecule has 0 saturated heterocycles. The van der Waals surface area contributed by atoms with Crippen LogP contribution in [0.1, 0.15) is 11.1 Å². The van der Waals surface area contributed by atoms with Gasteiger partial charge in [-0.1, -0.05) is 0 Å². The molecule has 2 aliphatic rings. The minimum atomic E-state index is -4.52. The molecular formula is C30H41Cl2Si3Zr. The zero-order valence-corrected chi connectivity index (χ0v) is 30.2. The van der Waals surface area contributed by atoms with Gasteiger partial charge in [-0.25, -0.2) is 0 Å². The summed E-state index contributed by atoms with van der Waals surface area (Å²) < 4.78 is 0.416. The molecule has 0 saturated carbocycles. The molecule has 0 heterocycles. The first-order valence-electron chi connectivity index (χ1n) is 13.2. The van der Waals surface area contributed by atoms with Crippen LogP contribution in [-0.2, 0) is 15.6 Å². The summed E-state index contributed by atoms with van der Waals surface area (Å²) in [6, 6.07) is 21.6. The van der Waals surface area contributed by atoms with Crippen LogP contribution in [0.4, 0.5) is 0 Å². The average Bonchev–Trinajstić information content (AvgIpc) is 3.47. The van der Waals surface area contributed by atoms with Crippen molar-refractivity contribution in [2.45, 2.75) is 59.6 Å². The van der Waals surface area contributed by atoms with Crippen molar-refractivity contribution in [1.29, 1.82) is 0 Å². The molecule has 2 aromatic carbocycles. The van der Waals surface area contributed by atoms with Crippen LogP contribution in [0, 0.1) is 0 Å². The van der Waals surface area contributed by atoms with Crippen molar-refractivity contribution in [3.05, 3.63) is 106 Å². The molecule has 6 heteroatoms. The first-order valence-corrected chi connectivity index (χ1v) is 36.5. The van der Waals surface area contributed by atoms with Gasteiger partial charge in [0.05, 0.1) is 0 Å². The standard InChI is InChI=1S/2C14H17Si.C2H7Si.2ClH.Zr/c2*1-15(2,3)14-10-9-13(11-14)12-7-5-4-6-8-12;1-3-2;;;/h2*4-11H,1-3H3;3H,1-2H3;2*1H;/q;;;;;+2/p-2. The van der Waals surface area contributed by atoms with E-state index >= 15 is 0 Å². The van der Waals surface area contributed by atoms with Gasteiger partial charge in [-0.15, -0.1) is 0 Å². The van der Waals surface area contributed by atoms with E-state index in [0.29, 0.717) is 0 Å². The van der Waals surface area contributed by atoms with Crippen molar-refractivity contribution in [2.24, 2.45) is 0 Å². The van der Waals surface area contributed by atoms with Crippen LogP contribution in [-0.4, -0.2) is 22.1 Å². The third-order valence-corrected chi connectivity index (χ3v) is 66.0. The van der Waals surface area contributed by atoms with Crippen molar-refractivity contribution >= 4 is 50.2 Å². The maximum absolute atomic E-state index is 8.36. The van der Waals surface area contributed by atoms with Gasteiger partial charge in [0.2, 0.25) is 0 Å². The number of hydrogen-bond donors (Lipinski definition) is 0. The second kappa shape index (κ2) is 9.92. The van der Waals surface area contributed by atoms with E-state index in [4.69, 9.17) is 17.0 Å². The van der Waals surface area contributed by atoms with Gasteiger partial charge in [-0.2, -0.15) is 0 Å². The summed E-state index contributed by atoms with van der Waals surface area (Å²) in [5, 5.41) is 3.13. The maximum atomic E-state index is 8.36. The number of hydrogen-bond acceptors (Lipinski definition) is 0. The second-order valence-electron chi connectivity index (χ2n) is 13.0. The zero-order valence-electron chi connectivity index (χ0n) is 23.1. The molecule has 2 atom stereocenters. The number of benzene rings is 2. The van der Waals surface area contributed by atoms with Crippen LogP contribution >= 0.6 is 17.0 Å². The van der Waals surface area contributed by atoms with Crippen LogP contribution in [0.2, 0.25) is 59.6 Å². The number of halogens is 2. The third-order valence-electron chi connectivity index (χ3n) is 8.22. The fourth-order valence-electron chi connectivity index (χ4n) is 5.96. The molecule has 0 aliphatic heterocycles. The molecule has 0 nitrogen and oxygen atoms in total. The summed E-state index contributed by atoms with van der Waals surface area (Å²) in [6.07, 6.45) is 9.99. The quantitative estimate of drug-likeness (QED) is 0.262. The van der Waals surface area contributed by atoms with E-state index < -0.39 is 37.6 Å². The summed E-state index contributed by atoms with van der Waals surface area (Å²) >= 11 is -4.52. The van der Waals surface area contributed by atoms with Gasteiger partial charge in [0.25, 0.3) is 0 Å². The van der Waals surface area contributed by atoms with Crippen LogP contribution < -0.4 is 0 Å². The molecule has 4 rings (SSSR count). The SMILES string of the molecule is C[SiH](C)[Zr]([Cl])([Cl])([CH]1C=C(c2ccccc2)C=C1[Si](C)(C)C)[CH]1C=C(c2ccccc2)C=C1[Si](C)(C)C. The minimum absolute atomic E-state index is 0.208. The molecular weight excluding hydrogens is 607 g/mol. The van der Waals surface area contributed by atoms with E-state index in [-0.39, 0.29) is 7.25 Å². The van der Waals surface area contributed by atoms with Crippen LogP contribution in [0.5, 0.6) is 0 Å². The molecule has 0 aromatic heterocycles. The first-order chi connectivity index (χ1) is 16.6. The second-order valence-corrected chi connectivity index (χ2v) is 65.9. The van der Waals surface area contributed by atoms with Gasteiger partial charge < -0.3 is 0 Å². The number of rotatable bonds is 7. The molecule has 0 bridgehead atoms. The van der Waals surface area contributed by atoms with E-state index in [0.717, 1.165) is 0 Å². The Hall–Kier alpha value is -0.486. The van der Waals surface area contributed by atoms with Gasteiger partial charge >= 0.3 is 232 Å². The number of allylic oxidation sites excluding steroid dienone is 8. The van der Waals surface area contributed by atoms with E-state index in [9.17, 15) is 0 Å². The van der Waals surface area contributed by atoms with Crippen LogP contribution in [0.15, 0.2) is 95.4 Å². The Morgan fingerprint density at radius 2 is 0.944 bits per heavy atom. The van der Waals surface area contributed by atoms with E-state index in [1.165, 1.54) is 22.3 Å². The third kappa shape index (κ3) is 5.08. The summed E-state index contributed by atoms with van der Waals surface area (Å²) in [5.41, 5.74) is 5.19.